The number of aromatic nitrogens is 2. The summed E-state index contributed by atoms with van der Waals surface area (Å²) in [5, 5.41) is 3.48. The van der Waals surface area contributed by atoms with Crippen molar-refractivity contribution in [3.05, 3.63) is 11.9 Å². The third-order valence-corrected chi connectivity index (χ3v) is 3.32. The zero-order valence-corrected chi connectivity index (χ0v) is 11.2. The summed E-state index contributed by atoms with van der Waals surface area (Å²) in [5.41, 5.74) is 2.62. The van der Waals surface area contributed by atoms with Gasteiger partial charge in [-0.25, -0.2) is 15.8 Å². The van der Waals surface area contributed by atoms with Gasteiger partial charge in [0.1, 0.15) is 17.5 Å². The largest absolute Gasteiger partial charge is 0.367 e. The third-order valence-electron chi connectivity index (χ3n) is 3.32. The Labute approximate surface area is 109 Å². The van der Waals surface area contributed by atoms with Gasteiger partial charge in [-0.2, -0.15) is 0 Å². The monoisotopic (exact) mass is 249 g/mol. The molecule has 4 N–H and O–H groups in total. The Morgan fingerprint density at radius 2 is 2.06 bits per heavy atom. The zero-order valence-electron chi connectivity index (χ0n) is 11.2. The van der Waals surface area contributed by atoms with Gasteiger partial charge in [-0.05, 0) is 25.7 Å². The molecule has 0 aliphatic heterocycles. The van der Waals surface area contributed by atoms with E-state index in [0.717, 1.165) is 24.5 Å². The zero-order chi connectivity index (χ0) is 13.0. The Kier molecular flexibility index (Phi) is 4.36. The molecule has 100 valence electrons. The van der Waals surface area contributed by atoms with Gasteiger partial charge in [0.05, 0.1) is 0 Å². The first-order valence-corrected chi connectivity index (χ1v) is 6.89. The molecule has 5 heteroatoms. The molecule has 1 saturated carbocycles. The van der Waals surface area contributed by atoms with Crippen LogP contribution in [0, 0.1) is 0 Å². The van der Waals surface area contributed by atoms with E-state index in [9.17, 15) is 0 Å². The summed E-state index contributed by atoms with van der Waals surface area (Å²) in [4.78, 5) is 9.00. The number of nitrogens with two attached hydrogens (primary N) is 1. The third kappa shape index (κ3) is 3.32. The SMILES string of the molecule is CCCC(CC)Nc1cc(NN)nc(C2CC2)n1. The van der Waals surface area contributed by atoms with E-state index in [2.05, 4.69) is 34.6 Å². The molecule has 1 fully saturated rings. The van der Waals surface area contributed by atoms with Crippen molar-refractivity contribution < 1.29 is 0 Å². The first-order valence-electron chi connectivity index (χ1n) is 6.89. The van der Waals surface area contributed by atoms with Crippen LogP contribution in [0.25, 0.3) is 0 Å². The van der Waals surface area contributed by atoms with E-state index in [4.69, 9.17) is 5.84 Å². The molecule has 1 heterocycles. The second kappa shape index (κ2) is 6.00. The van der Waals surface area contributed by atoms with Crippen LogP contribution < -0.4 is 16.6 Å². The first-order chi connectivity index (χ1) is 8.76. The van der Waals surface area contributed by atoms with E-state index >= 15 is 0 Å². The molecule has 1 atom stereocenters. The van der Waals surface area contributed by atoms with E-state index in [1.807, 2.05) is 6.07 Å². The van der Waals surface area contributed by atoms with Gasteiger partial charge in [0, 0.05) is 18.0 Å². The number of hydrazine groups is 1. The molecule has 1 aromatic rings. The van der Waals surface area contributed by atoms with Crippen molar-refractivity contribution in [2.75, 3.05) is 10.7 Å². The van der Waals surface area contributed by atoms with Crippen LogP contribution in [-0.2, 0) is 0 Å². The van der Waals surface area contributed by atoms with Crippen LogP contribution in [0.3, 0.4) is 0 Å². The predicted octanol–water partition coefficient (Wildman–Crippen LogP) is 2.63. The lowest BCUT2D eigenvalue weighted by Crippen LogP contribution is -2.20. The number of hydrogen-bond acceptors (Lipinski definition) is 5. The number of nitrogens with one attached hydrogen (secondary N) is 2. The molecule has 0 amide bonds. The minimum atomic E-state index is 0.475. The summed E-state index contributed by atoms with van der Waals surface area (Å²) in [7, 11) is 0. The lowest BCUT2D eigenvalue weighted by atomic mass is 10.1. The van der Waals surface area contributed by atoms with Crippen molar-refractivity contribution in [3.63, 3.8) is 0 Å². The number of nitrogens with zero attached hydrogens (tertiary/aromatic N) is 2. The highest BCUT2D eigenvalue weighted by atomic mass is 15.3. The van der Waals surface area contributed by atoms with Crippen molar-refractivity contribution in [1.82, 2.24) is 9.97 Å². The standard InChI is InChI=1S/C13H23N5/c1-3-5-10(4-2)15-11-8-12(18-14)17-13(16-11)9-6-7-9/h8-10H,3-7,14H2,1-2H3,(H2,15,16,17,18). The van der Waals surface area contributed by atoms with Crippen molar-refractivity contribution in [2.24, 2.45) is 5.84 Å². The van der Waals surface area contributed by atoms with Gasteiger partial charge >= 0.3 is 0 Å². The molecule has 18 heavy (non-hydrogen) atoms. The van der Waals surface area contributed by atoms with Gasteiger partial charge in [0.15, 0.2) is 0 Å². The molecular weight excluding hydrogens is 226 g/mol. The van der Waals surface area contributed by atoms with Crippen LogP contribution in [0.2, 0.25) is 0 Å². The molecule has 1 aromatic heterocycles. The molecule has 0 saturated heterocycles. The average molecular weight is 249 g/mol. The van der Waals surface area contributed by atoms with E-state index in [-0.39, 0.29) is 0 Å². The highest BCUT2D eigenvalue weighted by Gasteiger charge is 2.27. The molecule has 5 nitrogen and oxygen atoms in total. The fourth-order valence-electron chi connectivity index (χ4n) is 2.07. The van der Waals surface area contributed by atoms with Crippen molar-refractivity contribution in [1.29, 1.82) is 0 Å². The molecule has 0 radical (unpaired) electrons. The van der Waals surface area contributed by atoms with E-state index < -0.39 is 0 Å². The van der Waals surface area contributed by atoms with E-state index in [1.54, 1.807) is 0 Å². The second-order valence-electron chi connectivity index (χ2n) is 4.95. The van der Waals surface area contributed by atoms with Gasteiger partial charge in [0.2, 0.25) is 0 Å². The number of anilines is 2. The van der Waals surface area contributed by atoms with Crippen molar-refractivity contribution >= 4 is 11.6 Å². The second-order valence-corrected chi connectivity index (χ2v) is 4.95. The minimum Gasteiger partial charge on any atom is -0.367 e. The summed E-state index contributed by atoms with van der Waals surface area (Å²) in [6, 6.07) is 2.35. The molecule has 1 unspecified atom stereocenters. The topological polar surface area (TPSA) is 75.9 Å². The summed E-state index contributed by atoms with van der Waals surface area (Å²) < 4.78 is 0. The van der Waals surface area contributed by atoms with Gasteiger partial charge in [-0.3, -0.25) is 0 Å². The Morgan fingerprint density at radius 1 is 1.33 bits per heavy atom. The van der Waals surface area contributed by atoms with Crippen molar-refractivity contribution in [2.45, 2.75) is 57.9 Å². The maximum absolute atomic E-state index is 5.46. The van der Waals surface area contributed by atoms with E-state index in [1.165, 1.54) is 19.3 Å². The highest BCUT2D eigenvalue weighted by Crippen LogP contribution is 2.38. The number of hydrogen-bond donors (Lipinski definition) is 3. The van der Waals surface area contributed by atoms with Gasteiger partial charge < -0.3 is 10.7 Å². The summed E-state index contributed by atoms with van der Waals surface area (Å²) in [6.07, 6.45) is 5.82. The Hall–Kier alpha value is -1.36. The summed E-state index contributed by atoms with van der Waals surface area (Å²) in [5.74, 6) is 8.49. The maximum atomic E-state index is 5.46. The maximum Gasteiger partial charge on any atom is 0.145 e. The molecular formula is C13H23N5. The van der Waals surface area contributed by atoms with Crippen LogP contribution in [0.1, 0.15) is 57.7 Å². The van der Waals surface area contributed by atoms with Gasteiger partial charge in [0.25, 0.3) is 0 Å². The lowest BCUT2D eigenvalue weighted by Gasteiger charge is -2.17. The molecule has 2 rings (SSSR count). The van der Waals surface area contributed by atoms with Crippen LogP contribution in [0.4, 0.5) is 11.6 Å². The quantitative estimate of drug-likeness (QED) is 0.511. The molecule has 0 aromatic carbocycles. The Bertz CT molecular complexity index is 389. The number of rotatable bonds is 7. The Balaban J connectivity index is 2.12. The first kappa shape index (κ1) is 13.1. The fraction of sp³-hybridized carbons (Fsp3) is 0.692. The summed E-state index contributed by atoms with van der Waals surface area (Å²) in [6.45, 7) is 4.39. The highest BCUT2D eigenvalue weighted by molar-refractivity contribution is 5.48. The number of nitrogen functional groups attached to an aromatic ring is 1. The van der Waals surface area contributed by atoms with Gasteiger partial charge in [-0.1, -0.05) is 20.3 Å². The molecule has 1 aliphatic carbocycles. The molecule has 0 bridgehead atoms. The lowest BCUT2D eigenvalue weighted by molar-refractivity contribution is 0.619. The molecule has 1 aliphatic rings. The average Bonchev–Trinajstić information content (AvgIpc) is 3.22. The fourth-order valence-corrected chi connectivity index (χ4v) is 2.07. The Morgan fingerprint density at radius 3 is 2.61 bits per heavy atom. The predicted molar refractivity (Wildman–Crippen MR) is 74.4 cm³/mol. The van der Waals surface area contributed by atoms with Crippen LogP contribution in [-0.4, -0.2) is 16.0 Å². The van der Waals surface area contributed by atoms with Crippen LogP contribution in [0.5, 0.6) is 0 Å². The smallest absolute Gasteiger partial charge is 0.145 e. The summed E-state index contributed by atoms with van der Waals surface area (Å²) >= 11 is 0. The normalized spacial score (nSPS) is 16.4. The molecule has 0 spiro atoms. The van der Waals surface area contributed by atoms with Crippen LogP contribution >= 0.6 is 0 Å². The van der Waals surface area contributed by atoms with E-state index in [0.29, 0.717) is 17.8 Å². The minimum absolute atomic E-state index is 0.475. The van der Waals surface area contributed by atoms with Crippen LogP contribution in [0.15, 0.2) is 6.07 Å². The van der Waals surface area contributed by atoms with Gasteiger partial charge in [-0.15, -0.1) is 0 Å². The van der Waals surface area contributed by atoms with Crippen molar-refractivity contribution in [3.8, 4) is 0 Å².